The molecule has 3 aromatic heterocycles. The van der Waals surface area contributed by atoms with Crippen molar-refractivity contribution in [2.45, 2.75) is 39.3 Å². The molecule has 0 saturated heterocycles. The number of nitrogens with zero attached hydrogens (tertiary/aromatic N) is 9. The average molecular weight is 411 g/mol. The zero-order chi connectivity index (χ0) is 21.5. The van der Waals surface area contributed by atoms with E-state index in [-0.39, 0.29) is 12.1 Å². The Labute approximate surface area is 179 Å². The van der Waals surface area contributed by atoms with Gasteiger partial charge in [0, 0.05) is 24.0 Å². The van der Waals surface area contributed by atoms with Crippen LogP contribution in [-0.4, -0.2) is 40.3 Å². The van der Waals surface area contributed by atoms with Gasteiger partial charge in [-0.25, -0.2) is 14.8 Å². The van der Waals surface area contributed by atoms with Gasteiger partial charge in [-0.1, -0.05) is 25.1 Å². The molecule has 1 atom stereocenters. The van der Waals surface area contributed by atoms with E-state index in [0.29, 0.717) is 17.5 Å². The van der Waals surface area contributed by atoms with Crippen LogP contribution in [0.1, 0.15) is 39.1 Å². The normalized spacial score (nSPS) is 14.9. The minimum Gasteiger partial charge on any atom is -0.342 e. The molecule has 9 nitrogen and oxygen atoms in total. The fraction of sp³-hybridized carbons (Fsp3) is 0.273. The molecule has 1 aliphatic rings. The lowest BCUT2D eigenvalue weighted by atomic mass is 10.1. The van der Waals surface area contributed by atoms with Gasteiger partial charge >= 0.3 is 0 Å². The molecule has 0 radical (unpaired) electrons. The molecule has 4 heterocycles. The molecule has 9 heteroatoms. The van der Waals surface area contributed by atoms with Crippen LogP contribution < -0.4 is 4.90 Å². The quantitative estimate of drug-likeness (QED) is 0.470. The van der Waals surface area contributed by atoms with Gasteiger partial charge in [0.15, 0.2) is 17.3 Å². The topological polar surface area (TPSA) is 81.9 Å². The number of anilines is 1. The second-order valence-electron chi connectivity index (χ2n) is 7.65. The lowest BCUT2D eigenvalue weighted by Crippen LogP contribution is -2.40. The number of benzene rings is 1. The Kier molecular flexibility index (Phi) is 4.47. The van der Waals surface area contributed by atoms with E-state index in [9.17, 15) is 0 Å². The predicted molar refractivity (Wildman–Crippen MR) is 116 cm³/mol. The Balaban J connectivity index is 1.67. The van der Waals surface area contributed by atoms with Crippen LogP contribution in [0.3, 0.4) is 0 Å². The lowest BCUT2D eigenvalue weighted by molar-refractivity contribution is 0.497. The molecule has 31 heavy (non-hydrogen) atoms. The molecule has 0 fully saturated rings. The minimum absolute atomic E-state index is 0.0790. The average Bonchev–Trinajstić information content (AvgIpc) is 3.47. The molecule has 4 aromatic rings. The zero-order valence-corrected chi connectivity index (χ0v) is 17.5. The van der Waals surface area contributed by atoms with E-state index in [1.54, 1.807) is 18.6 Å². The first-order chi connectivity index (χ1) is 15.1. The molecule has 0 unspecified atom stereocenters. The van der Waals surface area contributed by atoms with Crippen LogP contribution >= 0.6 is 0 Å². The number of fused-ring (bicyclic) bond motifs is 3. The van der Waals surface area contributed by atoms with Crippen molar-refractivity contribution in [3.05, 3.63) is 66.4 Å². The van der Waals surface area contributed by atoms with E-state index in [0.717, 1.165) is 29.3 Å². The maximum absolute atomic E-state index is 7.29. The second kappa shape index (κ2) is 7.32. The van der Waals surface area contributed by atoms with Gasteiger partial charge in [0.25, 0.3) is 0 Å². The molecule has 154 valence electrons. The van der Waals surface area contributed by atoms with Crippen LogP contribution in [0.5, 0.6) is 0 Å². The Morgan fingerprint density at radius 1 is 1.19 bits per heavy atom. The van der Waals surface area contributed by atoms with Crippen molar-refractivity contribution in [1.29, 1.82) is 0 Å². The molecule has 0 bridgehead atoms. The highest BCUT2D eigenvalue weighted by Gasteiger charge is 2.35. The largest absolute Gasteiger partial charge is 0.342 e. The van der Waals surface area contributed by atoms with E-state index in [2.05, 4.69) is 50.7 Å². The smallest absolute Gasteiger partial charge is 0.237 e. The van der Waals surface area contributed by atoms with Crippen molar-refractivity contribution in [1.82, 2.24) is 34.3 Å². The van der Waals surface area contributed by atoms with Crippen molar-refractivity contribution in [2.24, 2.45) is 0 Å². The Morgan fingerprint density at radius 2 is 2.06 bits per heavy atom. The first-order valence-electron chi connectivity index (χ1n) is 10.2. The van der Waals surface area contributed by atoms with Gasteiger partial charge in [0.2, 0.25) is 5.95 Å². The molecule has 0 aliphatic carbocycles. The molecule has 1 aliphatic heterocycles. The summed E-state index contributed by atoms with van der Waals surface area (Å²) in [5, 5.41) is 8.49. The summed E-state index contributed by atoms with van der Waals surface area (Å²) < 4.78 is 3.82. The SMILES string of the molecule is [C-]#[N+]c1cccc(-c2nccn2-c2ncc3c(n2)N(C(C)C)[C@H](CC)c2nncn2-3)c1. The van der Waals surface area contributed by atoms with Gasteiger partial charge in [-0.15, -0.1) is 10.2 Å². The van der Waals surface area contributed by atoms with Gasteiger partial charge < -0.3 is 4.90 Å². The first-order valence-corrected chi connectivity index (χ1v) is 10.2. The highest BCUT2D eigenvalue weighted by atomic mass is 15.4. The van der Waals surface area contributed by atoms with Crippen molar-refractivity contribution >= 4 is 11.5 Å². The minimum atomic E-state index is 0.0790. The Bertz CT molecular complexity index is 1290. The summed E-state index contributed by atoms with van der Waals surface area (Å²) in [6.07, 6.45) is 7.97. The van der Waals surface area contributed by atoms with E-state index in [1.165, 1.54) is 0 Å². The van der Waals surface area contributed by atoms with Crippen molar-refractivity contribution in [3.63, 3.8) is 0 Å². The molecule has 5 rings (SSSR count). The molecular formula is C22H21N9. The van der Waals surface area contributed by atoms with E-state index >= 15 is 0 Å². The molecular weight excluding hydrogens is 390 g/mol. The van der Waals surface area contributed by atoms with E-state index < -0.39 is 0 Å². The number of hydrogen-bond donors (Lipinski definition) is 0. The number of imidazole rings is 1. The third-order valence-electron chi connectivity index (χ3n) is 5.48. The van der Waals surface area contributed by atoms with E-state index in [1.807, 2.05) is 39.7 Å². The van der Waals surface area contributed by atoms with Crippen LogP contribution in [0.15, 0.2) is 49.2 Å². The third kappa shape index (κ3) is 2.95. The highest BCUT2D eigenvalue weighted by Crippen LogP contribution is 2.39. The maximum Gasteiger partial charge on any atom is 0.237 e. The van der Waals surface area contributed by atoms with Crippen LogP contribution in [0, 0.1) is 6.57 Å². The lowest BCUT2D eigenvalue weighted by Gasteiger charge is -2.39. The van der Waals surface area contributed by atoms with Crippen LogP contribution in [-0.2, 0) is 0 Å². The second-order valence-corrected chi connectivity index (χ2v) is 7.65. The van der Waals surface area contributed by atoms with Crippen LogP contribution in [0.4, 0.5) is 11.5 Å². The predicted octanol–water partition coefficient (Wildman–Crippen LogP) is 4.14. The summed E-state index contributed by atoms with van der Waals surface area (Å²) in [4.78, 5) is 19.9. The number of rotatable bonds is 4. The Morgan fingerprint density at radius 3 is 2.84 bits per heavy atom. The van der Waals surface area contributed by atoms with E-state index in [4.69, 9.17) is 11.6 Å². The summed E-state index contributed by atoms with van der Waals surface area (Å²) in [7, 11) is 0. The number of hydrogen-bond acceptors (Lipinski definition) is 6. The van der Waals surface area contributed by atoms with Crippen LogP contribution in [0.25, 0.3) is 27.9 Å². The van der Waals surface area contributed by atoms with Gasteiger partial charge in [0.05, 0.1) is 18.8 Å². The molecule has 0 spiro atoms. The molecule has 1 aromatic carbocycles. The summed E-state index contributed by atoms with van der Waals surface area (Å²) in [5.74, 6) is 2.96. The van der Waals surface area contributed by atoms with Crippen molar-refractivity contribution < 1.29 is 0 Å². The van der Waals surface area contributed by atoms with Crippen LogP contribution in [0.2, 0.25) is 0 Å². The maximum atomic E-state index is 7.29. The standard InChI is InChI=1S/C22H21N9/c1-5-17-21-28-26-13-30(21)18-12-25-22(27-20(18)31(17)14(2)3)29-10-9-24-19(29)15-7-6-8-16(11-15)23-4/h6-14,17H,5H2,1-3H3/t17-/m1/s1. The Hall–Kier alpha value is -4.06. The summed E-state index contributed by atoms with van der Waals surface area (Å²) >= 11 is 0. The summed E-state index contributed by atoms with van der Waals surface area (Å²) in [6, 6.07) is 7.69. The van der Waals surface area contributed by atoms with Gasteiger partial charge in [-0.3, -0.25) is 9.13 Å². The fourth-order valence-corrected chi connectivity index (χ4v) is 4.14. The van der Waals surface area contributed by atoms with Gasteiger partial charge in [0.1, 0.15) is 17.8 Å². The van der Waals surface area contributed by atoms with Crippen molar-refractivity contribution in [3.8, 4) is 23.0 Å². The monoisotopic (exact) mass is 411 g/mol. The van der Waals surface area contributed by atoms with Gasteiger partial charge in [-0.05, 0) is 26.3 Å². The highest BCUT2D eigenvalue weighted by molar-refractivity contribution is 5.66. The zero-order valence-electron chi connectivity index (χ0n) is 17.5. The molecule has 0 amide bonds. The first kappa shape index (κ1) is 18.9. The van der Waals surface area contributed by atoms with Gasteiger partial charge in [-0.2, -0.15) is 4.98 Å². The summed E-state index contributed by atoms with van der Waals surface area (Å²) in [5.41, 5.74) is 2.27. The third-order valence-corrected chi connectivity index (χ3v) is 5.48. The molecule has 0 N–H and O–H groups in total. The molecule has 0 saturated carbocycles. The van der Waals surface area contributed by atoms with Crippen molar-refractivity contribution in [2.75, 3.05) is 4.90 Å². The number of aromatic nitrogens is 7. The fourth-order valence-electron chi connectivity index (χ4n) is 4.14. The summed E-state index contributed by atoms with van der Waals surface area (Å²) in [6.45, 7) is 13.7.